The molecule has 0 fully saturated rings. The van der Waals surface area contributed by atoms with Gasteiger partial charge in [-0.05, 0) is 24.8 Å². The molecule has 0 atom stereocenters. The van der Waals surface area contributed by atoms with E-state index in [0.29, 0.717) is 6.54 Å². The Kier molecular flexibility index (Phi) is 4.57. The Labute approximate surface area is 117 Å². The molecule has 2 heterocycles. The van der Waals surface area contributed by atoms with Crippen LogP contribution in [0.15, 0.2) is 29.6 Å². The van der Waals surface area contributed by atoms with E-state index < -0.39 is 0 Å². The van der Waals surface area contributed by atoms with E-state index in [-0.39, 0.29) is 0 Å². The summed E-state index contributed by atoms with van der Waals surface area (Å²) in [7, 11) is 1.85. The maximum absolute atomic E-state index is 4.41. The van der Waals surface area contributed by atoms with Crippen LogP contribution in [0.3, 0.4) is 0 Å². The molecule has 19 heavy (non-hydrogen) atoms. The van der Waals surface area contributed by atoms with Crippen LogP contribution in [-0.2, 0) is 6.54 Å². The number of hydrogen-bond acceptors (Lipinski definition) is 6. The van der Waals surface area contributed by atoms with Crippen LogP contribution >= 0.6 is 11.8 Å². The molecule has 0 bridgehead atoms. The van der Waals surface area contributed by atoms with Gasteiger partial charge in [0, 0.05) is 31.5 Å². The Hall–Kier alpha value is -1.82. The minimum absolute atomic E-state index is 0.696. The molecular weight excluding hydrogens is 258 g/mol. The Bertz CT molecular complexity index is 519. The molecule has 0 unspecified atom stereocenters. The first kappa shape index (κ1) is 13.6. The number of nitrogens with one attached hydrogen (secondary N) is 2. The van der Waals surface area contributed by atoms with Crippen molar-refractivity contribution >= 4 is 23.4 Å². The molecule has 2 rings (SSSR count). The first-order valence-electron chi connectivity index (χ1n) is 5.97. The molecule has 0 aliphatic rings. The second-order valence-corrected chi connectivity index (χ2v) is 4.81. The number of hydrogen-bond donors (Lipinski definition) is 2. The highest BCUT2D eigenvalue weighted by molar-refractivity contribution is 7.98. The number of anilines is 2. The zero-order valence-corrected chi connectivity index (χ0v) is 12.1. The van der Waals surface area contributed by atoms with Gasteiger partial charge in [0.15, 0.2) is 5.16 Å². The lowest BCUT2D eigenvalue weighted by Gasteiger charge is -2.09. The zero-order valence-electron chi connectivity index (χ0n) is 11.3. The molecule has 0 spiro atoms. The predicted octanol–water partition coefficient (Wildman–Crippen LogP) is 2.56. The number of nitrogens with zero attached hydrogens (tertiary/aromatic N) is 3. The highest BCUT2D eigenvalue weighted by atomic mass is 32.2. The third-order valence-electron chi connectivity index (χ3n) is 2.59. The highest BCUT2D eigenvalue weighted by Crippen LogP contribution is 2.17. The SMILES string of the molecule is CNc1cc(NCc2ccc(C)nc2)nc(SC)n1. The molecule has 0 aliphatic heterocycles. The number of rotatable bonds is 5. The summed E-state index contributed by atoms with van der Waals surface area (Å²) in [6, 6.07) is 5.95. The van der Waals surface area contributed by atoms with Crippen LogP contribution in [0.5, 0.6) is 0 Å². The van der Waals surface area contributed by atoms with Crippen molar-refractivity contribution in [3.05, 3.63) is 35.7 Å². The highest BCUT2D eigenvalue weighted by Gasteiger charge is 2.03. The maximum Gasteiger partial charge on any atom is 0.191 e. The van der Waals surface area contributed by atoms with Crippen molar-refractivity contribution in [1.82, 2.24) is 15.0 Å². The number of aryl methyl sites for hydroxylation is 1. The normalized spacial score (nSPS) is 10.3. The van der Waals surface area contributed by atoms with Crippen molar-refractivity contribution in [2.45, 2.75) is 18.6 Å². The number of aromatic nitrogens is 3. The van der Waals surface area contributed by atoms with Crippen molar-refractivity contribution in [2.24, 2.45) is 0 Å². The van der Waals surface area contributed by atoms with E-state index in [0.717, 1.165) is 28.0 Å². The Morgan fingerprint density at radius 2 is 2.00 bits per heavy atom. The van der Waals surface area contributed by atoms with Gasteiger partial charge in [0.05, 0.1) is 0 Å². The monoisotopic (exact) mass is 275 g/mol. The van der Waals surface area contributed by atoms with Crippen molar-refractivity contribution < 1.29 is 0 Å². The molecule has 0 amide bonds. The lowest BCUT2D eigenvalue weighted by atomic mass is 10.2. The van der Waals surface area contributed by atoms with Gasteiger partial charge in [-0.3, -0.25) is 4.98 Å². The van der Waals surface area contributed by atoms with E-state index in [2.05, 4.69) is 31.7 Å². The average Bonchev–Trinajstić information content (AvgIpc) is 2.46. The fraction of sp³-hybridized carbons (Fsp3) is 0.308. The smallest absolute Gasteiger partial charge is 0.191 e. The van der Waals surface area contributed by atoms with Gasteiger partial charge in [0.2, 0.25) is 0 Å². The van der Waals surface area contributed by atoms with Crippen molar-refractivity contribution in [3.8, 4) is 0 Å². The first-order chi connectivity index (χ1) is 9.21. The molecule has 0 saturated carbocycles. The Balaban J connectivity index is 2.08. The van der Waals surface area contributed by atoms with Crippen LogP contribution < -0.4 is 10.6 Å². The summed E-state index contributed by atoms with van der Waals surface area (Å²) < 4.78 is 0. The van der Waals surface area contributed by atoms with Crippen LogP contribution in [0.25, 0.3) is 0 Å². The maximum atomic E-state index is 4.41. The van der Waals surface area contributed by atoms with Gasteiger partial charge in [-0.1, -0.05) is 17.8 Å². The van der Waals surface area contributed by atoms with Gasteiger partial charge in [-0.2, -0.15) is 0 Å². The van der Waals surface area contributed by atoms with Crippen LogP contribution in [-0.4, -0.2) is 28.3 Å². The first-order valence-corrected chi connectivity index (χ1v) is 7.20. The van der Waals surface area contributed by atoms with Gasteiger partial charge in [0.25, 0.3) is 0 Å². The minimum atomic E-state index is 0.696. The standard InChI is InChI=1S/C13H17N5S/c1-9-4-5-10(7-15-9)8-16-12-6-11(14-2)17-13(18-12)19-3/h4-7H,8H2,1-3H3,(H2,14,16,17,18). The summed E-state index contributed by atoms with van der Waals surface area (Å²) >= 11 is 1.52. The van der Waals surface area contributed by atoms with Gasteiger partial charge >= 0.3 is 0 Å². The second kappa shape index (κ2) is 6.38. The van der Waals surface area contributed by atoms with Crippen LogP contribution in [0.4, 0.5) is 11.6 Å². The van der Waals surface area contributed by atoms with Gasteiger partial charge in [-0.15, -0.1) is 0 Å². The van der Waals surface area contributed by atoms with E-state index in [4.69, 9.17) is 0 Å². The van der Waals surface area contributed by atoms with E-state index in [9.17, 15) is 0 Å². The topological polar surface area (TPSA) is 62.7 Å². The third-order valence-corrected chi connectivity index (χ3v) is 3.14. The van der Waals surface area contributed by atoms with Crippen LogP contribution in [0.1, 0.15) is 11.3 Å². The molecule has 2 aromatic rings. The Morgan fingerprint density at radius 3 is 2.63 bits per heavy atom. The quantitative estimate of drug-likeness (QED) is 0.646. The molecule has 2 aromatic heterocycles. The van der Waals surface area contributed by atoms with Crippen LogP contribution in [0.2, 0.25) is 0 Å². The van der Waals surface area contributed by atoms with Gasteiger partial charge in [-0.25, -0.2) is 9.97 Å². The molecule has 0 aromatic carbocycles. The summed E-state index contributed by atoms with van der Waals surface area (Å²) in [5.41, 5.74) is 2.15. The molecule has 0 radical (unpaired) electrons. The molecule has 5 nitrogen and oxygen atoms in total. The van der Waals surface area contributed by atoms with E-state index in [1.807, 2.05) is 38.6 Å². The lowest BCUT2D eigenvalue weighted by molar-refractivity contribution is 0.955. The summed E-state index contributed by atoms with van der Waals surface area (Å²) in [6.07, 6.45) is 3.83. The van der Waals surface area contributed by atoms with Crippen molar-refractivity contribution in [2.75, 3.05) is 23.9 Å². The van der Waals surface area contributed by atoms with Gasteiger partial charge < -0.3 is 10.6 Å². The average molecular weight is 275 g/mol. The molecule has 2 N–H and O–H groups in total. The molecule has 0 saturated heterocycles. The van der Waals surface area contributed by atoms with E-state index >= 15 is 0 Å². The van der Waals surface area contributed by atoms with E-state index in [1.165, 1.54) is 11.8 Å². The second-order valence-electron chi connectivity index (χ2n) is 4.04. The van der Waals surface area contributed by atoms with Crippen molar-refractivity contribution in [1.29, 1.82) is 0 Å². The summed E-state index contributed by atoms with van der Waals surface area (Å²) in [4.78, 5) is 13.0. The van der Waals surface area contributed by atoms with Gasteiger partial charge in [0.1, 0.15) is 11.6 Å². The number of thioether (sulfide) groups is 1. The fourth-order valence-electron chi connectivity index (χ4n) is 1.53. The Morgan fingerprint density at radius 1 is 1.21 bits per heavy atom. The van der Waals surface area contributed by atoms with Crippen LogP contribution in [0, 0.1) is 6.92 Å². The third kappa shape index (κ3) is 3.82. The lowest BCUT2D eigenvalue weighted by Crippen LogP contribution is -2.05. The molecular formula is C13H17N5S. The fourth-order valence-corrected chi connectivity index (χ4v) is 1.91. The summed E-state index contributed by atoms with van der Waals surface area (Å²) in [5.74, 6) is 1.62. The summed E-state index contributed by atoms with van der Waals surface area (Å²) in [6.45, 7) is 2.67. The largest absolute Gasteiger partial charge is 0.373 e. The predicted molar refractivity (Wildman–Crippen MR) is 79.7 cm³/mol. The molecule has 0 aliphatic carbocycles. The zero-order chi connectivity index (χ0) is 13.7. The minimum Gasteiger partial charge on any atom is -0.373 e. The van der Waals surface area contributed by atoms with E-state index in [1.54, 1.807) is 0 Å². The molecule has 6 heteroatoms. The van der Waals surface area contributed by atoms with Crippen molar-refractivity contribution in [3.63, 3.8) is 0 Å². The summed E-state index contributed by atoms with van der Waals surface area (Å²) in [5, 5.41) is 7.06. The molecule has 100 valence electrons. The number of pyridine rings is 1.